The number of carbonyl (C=O) groups excluding carboxylic acids is 1. The van der Waals surface area contributed by atoms with Gasteiger partial charge in [-0.15, -0.1) is 0 Å². The maximum absolute atomic E-state index is 15.3. The van der Waals surface area contributed by atoms with Crippen LogP contribution in [0, 0.1) is 5.82 Å². The van der Waals surface area contributed by atoms with E-state index in [1.165, 1.54) is 19.2 Å². The van der Waals surface area contributed by atoms with Gasteiger partial charge in [-0.3, -0.25) is 9.69 Å². The standard InChI is InChI=1S/C29H32F4N6O5/c1-38-9-8-19(23(14-38)43-4)35-25(40)16-10-22(42-3)20(11-18(16)30)36-28-34-12-17(29(31,32)33)26(37-28)44-21-7-5-6-15-13-39(2)27(41)24(15)21/h5-7,10-12,19,23,27,41H,8-9,13-14H2,1-4H3,(H,35,40)(H,34,36,37)/t19-,23+,27?/m1/s1. The predicted molar refractivity (Wildman–Crippen MR) is 150 cm³/mol. The second-order valence-corrected chi connectivity index (χ2v) is 10.7. The lowest BCUT2D eigenvalue weighted by atomic mass is 10.0. The van der Waals surface area contributed by atoms with Crippen molar-refractivity contribution in [1.82, 2.24) is 25.1 Å². The van der Waals surface area contributed by atoms with Crippen molar-refractivity contribution in [3.63, 3.8) is 0 Å². The molecule has 0 radical (unpaired) electrons. The van der Waals surface area contributed by atoms with E-state index in [2.05, 4.69) is 25.5 Å². The van der Waals surface area contributed by atoms with Gasteiger partial charge in [-0.2, -0.15) is 18.2 Å². The Hall–Kier alpha value is -4.05. The summed E-state index contributed by atoms with van der Waals surface area (Å²) in [5.74, 6) is -2.76. The summed E-state index contributed by atoms with van der Waals surface area (Å²) in [6, 6.07) is 6.57. The quantitative estimate of drug-likeness (QED) is 0.318. The molecule has 1 amide bonds. The first kappa shape index (κ1) is 31.4. The maximum atomic E-state index is 15.3. The third-order valence-electron chi connectivity index (χ3n) is 7.68. The summed E-state index contributed by atoms with van der Waals surface area (Å²) in [7, 11) is 6.43. The number of likely N-dealkylation sites (N-methyl/N-ethyl adjacent to an activating group) is 1. The minimum atomic E-state index is -4.87. The molecule has 44 heavy (non-hydrogen) atoms. The highest BCUT2D eigenvalue weighted by atomic mass is 19.4. The normalized spacial score (nSPS) is 20.7. The maximum Gasteiger partial charge on any atom is 0.423 e. The lowest BCUT2D eigenvalue weighted by molar-refractivity contribution is -0.139. The van der Waals surface area contributed by atoms with Crippen LogP contribution in [0.25, 0.3) is 0 Å². The number of anilines is 2. The number of benzene rings is 2. The van der Waals surface area contributed by atoms with Crippen LogP contribution in [0.15, 0.2) is 36.5 Å². The summed E-state index contributed by atoms with van der Waals surface area (Å²) in [6.07, 6.45) is -5.09. The molecule has 3 N–H and O–H groups in total. The highest BCUT2D eigenvalue weighted by molar-refractivity contribution is 5.96. The van der Waals surface area contributed by atoms with Gasteiger partial charge in [-0.05, 0) is 44.8 Å². The van der Waals surface area contributed by atoms with E-state index >= 15 is 4.39 Å². The van der Waals surface area contributed by atoms with E-state index in [-0.39, 0.29) is 40.8 Å². The smallest absolute Gasteiger partial charge is 0.423 e. The fraction of sp³-hybridized carbons (Fsp3) is 0.414. The molecule has 2 aliphatic heterocycles. The molecule has 15 heteroatoms. The van der Waals surface area contributed by atoms with Crippen LogP contribution in [0.2, 0.25) is 0 Å². The second-order valence-electron chi connectivity index (χ2n) is 10.7. The largest absolute Gasteiger partial charge is 0.495 e. The van der Waals surface area contributed by atoms with Gasteiger partial charge in [0.1, 0.15) is 29.1 Å². The molecule has 1 unspecified atom stereocenters. The topological polar surface area (TPSA) is 121 Å². The fourth-order valence-electron chi connectivity index (χ4n) is 5.32. The highest BCUT2D eigenvalue weighted by Gasteiger charge is 2.38. The van der Waals surface area contributed by atoms with Gasteiger partial charge in [0, 0.05) is 38.0 Å². The number of halogens is 4. The Labute approximate surface area is 250 Å². The number of likely N-dealkylation sites (tertiary alicyclic amines) is 1. The molecule has 1 fully saturated rings. The van der Waals surface area contributed by atoms with E-state index in [0.29, 0.717) is 36.8 Å². The zero-order chi connectivity index (χ0) is 31.8. The van der Waals surface area contributed by atoms with E-state index in [0.717, 1.165) is 12.6 Å². The number of aromatic nitrogens is 2. The molecule has 5 rings (SSSR count). The molecular formula is C29H32F4N6O5. The number of alkyl halides is 3. The number of piperidine rings is 1. The van der Waals surface area contributed by atoms with Crippen molar-refractivity contribution in [3.05, 3.63) is 64.6 Å². The van der Waals surface area contributed by atoms with Gasteiger partial charge in [-0.25, -0.2) is 9.37 Å². The number of rotatable bonds is 8. The Bertz CT molecular complexity index is 1540. The first-order valence-electron chi connectivity index (χ1n) is 13.7. The van der Waals surface area contributed by atoms with Crippen molar-refractivity contribution >= 4 is 17.5 Å². The van der Waals surface area contributed by atoms with Crippen LogP contribution in [0.1, 0.15) is 39.7 Å². The Morgan fingerprint density at radius 2 is 1.93 bits per heavy atom. The molecule has 0 spiro atoms. The Morgan fingerprint density at radius 1 is 1.16 bits per heavy atom. The number of methoxy groups -OCH3 is 2. The Morgan fingerprint density at radius 3 is 2.64 bits per heavy atom. The summed E-state index contributed by atoms with van der Waals surface area (Å²) < 4.78 is 73.4. The first-order chi connectivity index (χ1) is 20.9. The molecule has 0 aliphatic carbocycles. The van der Waals surface area contributed by atoms with Crippen LogP contribution in [-0.4, -0.2) is 84.3 Å². The zero-order valence-corrected chi connectivity index (χ0v) is 24.4. The number of hydrogen-bond donors (Lipinski definition) is 3. The molecule has 3 aromatic rings. The molecule has 0 bridgehead atoms. The minimum Gasteiger partial charge on any atom is -0.495 e. The number of hydrogen-bond acceptors (Lipinski definition) is 10. The third kappa shape index (κ3) is 6.40. The van der Waals surface area contributed by atoms with Gasteiger partial charge < -0.3 is 34.9 Å². The number of carbonyl (C=O) groups is 1. The summed E-state index contributed by atoms with van der Waals surface area (Å²) >= 11 is 0. The van der Waals surface area contributed by atoms with Crippen LogP contribution in [-0.2, 0) is 17.5 Å². The van der Waals surface area contributed by atoms with Gasteiger partial charge in [0.25, 0.3) is 5.91 Å². The molecule has 2 aromatic carbocycles. The summed E-state index contributed by atoms with van der Waals surface area (Å²) in [6.45, 7) is 1.70. The van der Waals surface area contributed by atoms with E-state index in [1.807, 2.05) is 7.05 Å². The SMILES string of the molecule is COc1cc(C(=O)N[C@@H]2CCN(C)C[C@@H]2OC)c(F)cc1Nc1ncc(C(F)(F)F)c(Oc2cccc3c2C(O)N(C)C3)n1. The Balaban J connectivity index is 1.42. The fourth-order valence-corrected chi connectivity index (χ4v) is 5.32. The van der Waals surface area contributed by atoms with E-state index in [1.54, 1.807) is 31.2 Å². The van der Waals surface area contributed by atoms with Crippen LogP contribution < -0.4 is 20.1 Å². The lowest BCUT2D eigenvalue weighted by Gasteiger charge is -2.36. The van der Waals surface area contributed by atoms with Crippen molar-refractivity contribution < 1.29 is 41.7 Å². The number of fused-ring (bicyclic) bond motifs is 1. The minimum absolute atomic E-state index is 0.00573. The highest BCUT2D eigenvalue weighted by Crippen LogP contribution is 2.42. The predicted octanol–water partition coefficient (Wildman–Crippen LogP) is 4.06. The van der Waals surface area contributed by atoms with Crippen LogP contribution in [0.4, 0.5) is 29.2 Å². The molecule has 1 saturated heterocycles. The van der Waals surface area contributed by atoms with E-state index in [9.17, 15) is 23.1 Å². The van der Waals surface area contributed by atoms with Gasteiger partial charge in [-0.1, -0.05) is 12.1 Å². The van der Waals surface area contributed by atoms with Gasteiger partial charge in [0.2, 0.25) is 11.8 Å². The van der Waals surface area contributed by atoms with E-state index in [4.69, 9.17) is 14.2 Å². The lowest BCUT2D eigenvalue weighted by Crippen LogP contribution is -2.53. The number of amides is 1. The van der Waals surface area contributed by atoms with Crippen molar-refractivity contribution in [2.45, 2.75) is 37.5 Å². The molecule has 236 valence electrons. The third-order valence-corrected chi connectivity index (χ3v) is 7.68. The van der Waals surface area contributed by atoms with E-state index < -0.39 is 35.6 Å². The van der Waals surface area contributed by atoms with Gasteiger partial charge in [0.15, 0.2) is 0 Å². The van der Waals surface area contributed by atoms with Crippen LogP contribution >= 0.6 is 0 Å². The van der Waals surface area contributed by atoms with Gasteiger partial charge in [0.05, 0.1) is 30.5 Å². The molecular weight excluding hydrogens is 588 g/mol. The number of aliphatic hydroxyl groups is 1. The molecule has 1 aromatic heterocycles. The van der Waals surface area contributed by atoms with Crippen molar-refractivity contribution in [2.24, 2.45) is 0 Å². The first-order valence-corrected chi connectivity index (χ1v) is 13.7. The van der Waals surface area contributed by atoms with Crippen molar-refractivity contribution in [3.8, 4) is 17.4 Å². The number of nitrogens with zero attached hydrogens (tertiary/aromatic N) is 4. The molecule has 2 aliphatic rings. The molecule has 3 atom stereocenters. The van der Waals surface area contributed by atoms with Crippen LogP contribution in [0.3, 0.4) is 0 Å². The van der Waals surface area contributed by atoms with Crippen LogP contribution in [0.5, 0.6) is 17.4 Å². The molecule has 11 nitrogen and oxygen atoms in total. The molecule has 3 heterocycles. The van der Waals surface area contributed by atoms with Crippen molar-refractivity contribution in [2.75, 3.05) is 46.7 Å². The summed E-state index contributed by atoms with van der Waals surface area (Å²) in [5, 5.41) is 16.0. The zero-order valence-electron chi connectivity index (χ0n) is 24.4. The number of nitrogens with one attached hydrogen (secondary N) is 2. The summed E-state index contributed by atoms with van der Waals surface area (Å²) in [4.78, 5) is 24.4. The Kier molecular flexibility index (Phi) is 8.92. The number of aliphatic hydroxyl groups excluding tert-OH is 1. The summed E-state index contributed by atoms with van der Waals surface area (Å²) in [5.41, 5.74) is -0.573. The second kappa shape index (κ2) is 12.5. The monoisotopic (exact) mass is 620 g/mol. The van der Waals surface area contributed by atoms with Gasteiger partial charge >= 0.3 is 6.18 Å². The van der Waals surface area contributed by atoms with Crippen molar-refractivity contribution in [1.29, 1.82) is 0 Å². The average Bonchev–Trinajstić information content (AvgIpc) is 3.27. The molecule has 0 saturated carbocycles. The average molecular weight is 621 g/mol. The number of ether oxygens (including phenoxy) is 3.